The molecule has 1 aliphatic rings. The van der Waals surface area contributed by atoms with Gasteiger partial charge in [0, 0.05) is 23.3 Å². The summed E-state index contributed by atoms with van der Waals surface area (Å²) in [7, 11) is 0. The Morgan fingerprint density at radius 1 is 1.17 bits per heavy atom. The molecule has 1 atom stereocenters. The van der Waals surface area contributed by atoms with Crippen LogP contribution in [-0.4, -0.2) is 41.3 Å². The molecule has 4 rings (SSSR count). The van der Waals surface area contributed by atoms with Gasteiger partial charge in [0.15, 0.2) is 0 Å². The number of benzene rings is 3. The van der Waals surface area contributed by atoms with Gasteiger partial charge in [0.1, 0.15) is 35.3 Å². The lowest BCUT2D eigenvalue weighted by Gasteiger charge is -2.26. The Morgan fingerprint density at radius 3 is 2.60 bits per heavy atom. The van der Waals surface area contributed by atoms with Crippen LogP contribution >= 0.6 is 0 Å². The second-order valence-electron chi connectivity index (χ2n) is 6.83. The van der Waals surface area contributed by atoms with E-state index < -0.39 is 35.3 Å². The molecule has 0 saturated heterocycles. The summed E-state index contributed by atoms with van der Waals surface area (Å²) < 4.78 is 15.5. The molecule has 0 aromatic heterocycles. The second kappa shape index (κ2) is 7.22. The first-order valence-electron chi connectivity index (χ1n) is 9.30. The average Bonchev–Trinajstić information content (AvgIpc) is 2.71. The number of ether oxygens (including phenoxy) is 3. The third-order valence-electron chi connectivity index (χ3n) is 5.01. The number of hydrogen-bond acceptors (Lipinski definition) is 8. The number of rotatable bonds is 3. The Bertz CT molecular complexity index is 1230. The van der Waals surface area contributed by atoms with Gasteiger partial charge < -0.3 is 24.4 Å². The largest absolute Gasteiger partial charge is 0.507 e. The molecule has 3 aromatic carbocycles. The van der Waals surface area contributed by atoms with Crippen LogP contribution < -0.4 is 4.74 Å². The van der Waals surface area contributed by atoms with Crippen LogP contribution in [0, 0.1) is 0 Å². The van der Waals surface area contributed by atoms with Gasteiger partial charge in [-0.05, 0) is 18.4 Å². The average molecular weight is 410 g/mol. The van der Waals surface area contributed by atoms with Gasteiger partial charge in [0.25, 0.3) is 0 Å². The lowest BCUT2D eigenvalue weighted by molar-refractivity contribution is -0.146. The molecule has 8 nitrogen and oxygen atoms in total. The van der Waals surface area contributed by atoms with Crippen molar-refractivity contribution in [3.05, 3.63) is 41.5 Å². The number of fused-ring (bicyclic) bond motifs is 3. The normalized spacial score (nSPS) is 15.5. The maximum absolute atomic E-state index is 12.5. The van der Waals surface area contributed by atoms with E-state index in [-0.39, 0.29) is 40.9 Å². The van der Waals surface area contributed by atoms with Crippen LogP contribution in [0.1, 0.15) is 35.7 Å². The highest BCUT2D eigenvalue weighted by Crippen LogP contribution is 2.50. The van der Waals surface area contributed by atoms with E-state index >= 15 is 0 Å². The van der Waals surface area contributed by atoms with Crippen LogP contribution in [0.4, 0.5) is 0 Å². The van der Waals surface area contributed by atoms with Crippen molar-refractivity contribution < 1.29 is 38.8 Å². The SMILES string of the molecule is CCOC(=O)C1COC(=O)c2c1c(O)c1c(OC(C)=O)c3ccccc3cc1c2O. The van der Waals surface area contributed by atoms with Gasteiger partial charge in [-0.15, -0.1) is 0 Å². The minimum absolute atomic E-state index is 0.0177. The first kappa shape index (κ1) is 19.5. The molecule has 0 saturated carbocycles. The van der Waals surface area contributed by atoms with Gasteiger partial charge in [0.2, 0.25) is 0 Å². The first-order chi connectivity index (χ1) is 14.3. The van der Waals surface area contributed by atoms with Gasteiger partial charge in [-0.3, -0.25) is 9.59 Å². The quantitative estimate of drug-likeness (QED) is 0.292. The molecule has 1 unspecified atom stereocenters. The zero-order valence-corrected chi connectivity index (χ0v) is 16.2. The van der Waals surface area contributed by atoms with Crippen molar-refractivity contribution in [3.8, 4) is 17.2 Å². The Labute approximate surface area is 170 Å². The Morgan fingerprint density at radius 2 is 1.90 bits per heavy atom. The lowest BCUT2D eigenvalue weighted by Crippen LogP contribution is -2.29. The monoisotopic (exact) mass is 410 g/mol. The van der Waals surface area contributed by atoms with Gasteiger partial charge in [0.05, 0.1) is 12.0 Å². The highest BCUT2D eigenvalue weighted by Gasteiger charge is 2.40. The summed E-state index contributed by atoms with van der Waals surface area (Å²) in [5.74, 6) is -4.26. The summed E-state index contributed by atoms with van der Waals surface area (Å²) in [5, 5.41) is 23.3. The zero-order chi connectivity index (χ0) is 21.6. The minimum atomic E-state index is -1.13. The molecule has 30 heavy (non-hydrogen) atoms. The van der Waals surface area contributed by atoms with E-state index in [4.69, 9.17) is 14.2 Å². The fourth-order valence-electron chi connectivity index (χ4n) is 3.79. The van der Waals surface area contributed by atoms with E-state index in [1.165, 1.54) is 6.92 Å². The lowest BCUT2D eigenvalue weighted by atomic mass is 9.86. The Kier molecular flexibility index (Phi) is 4.69. The van der Waals surface area contributed by atoms with Crippen molar-refractivity contribution in [1.29, 1.82) is 0 Å². The van der Waals surface area contributed by atoms with Crippen LogP contribution in [0.15, 0.2) is 30.3 Å². The van der Waals surface area contributed by atoms with Crippen LogP contribution in [0.2, 0.25) is 0 Å². The van der Waals surface area contributed by atoms with Crippen molar-refractivity contribution in [1.82, 2.24) is 0 Å². The number of phenolic OH excluding ortho intramolecular Hbond substituents is 2. The number of carbonyl (C=O) groups excluding carboxylic acids is 3. The number of esters is 3. The smallest absolute Gasteiger partial charge is 0.342 e. The molecule has 1 aliphatic heterocycles. The summed E-state index contributed by atoms with van der Waals surface area (Å²) in [6.45, 7) is 2.57. The van der Waals surface area contributed by atoms with E-state index in [2.05, 4.69) is 0 Å². The molecule has 154 valence electrons. The fraction of sp³-hybridized carbons (Fsp3) is 0.227. The first-order valence-corrected chi connectivity index (χ1v) is 9.30. The van der Waals surface area contributed by atoms with Crippen LogP contribution in [0.25, 0.3) is 21.5 Å². The highest BCUT2D eigenvalue weighted by atomic mass is 16.6. The van der Waals surface area contributed by atoms with E-state index in [1.807, 2.05) is 0 Å². The molecule has 3 aromatic rings. The molecule has 0 radical (unpaired) electrons. The van der Waals surface area contributed by atoms with Crippen LogP contribution in [-0.2, 0) is 19.1 Å². The van der Waals surface area contributed by atoms with Gasteiger partial charge >= 0.3 is 17.9 Å². The molecule has 2 N–H and O–H groups in total. The Balaban J connectivity index is 2.16. The van der Waals surface area contributed by atoms with Crippen molar-refractivity contribution in [2.24, 2.45) is 0 Å². The molecule has 8 heteroatoms. The van der Waals surface area contributed by atoms with Gasteiger partial charge in [-0.1, -0.05) is 24.3 Å². The molecule has 0 spiro atoms. The summed E-state index contributed by atoms with van der Waals surface area (Å²) in [6.07, 6.45) is 0. The predicted octanol–water partition coefficient (Wildman–Crippen LogP) is 3.15. The van der Waals surface area contributed by atoms with Gasteiger partial charge in [-0.2, -0.15) is 0 Å². The van der Waals surface area contributed by atoms with E-state index in [0.29, 0.717) is 10.8 Å². The minimum Gasteiger partial charge on any atom is -0.507 e. The summed E-state index contributed by atoms with van der Waals surface area (Å²) >= 11 is 0. The standard InChI is InChI=1S/C22H18O8/c1-3-28-21(26)14-9-29-22(27)17-15(14)19(25)16-13(18(17)24)8-11-6-4-5-7-12(11)20(16)30-10(2)23/h4-8,14,24-25H,3,9H2,1-2H3. The third-order valence-corrected chi connectivity index (χ3v) is 5.01. The van der Waals surface area contributed by atoms with Crippen molar-refractivity contribution in [2.45, 2.75) is 19.8 Å². The number of cyclic esters (lactones) is 1. The second-order valence-corrected chi connectivity index (χ2v) is 6.83. The van der Waals surface area contributed by atoms with E-state index in [0.717, 1.165) is 0 Å². The van der Waals surface area contributed by atoms with E-state index in [9.17, 15) is 24.6 Å². The fourth-order valence-corrected chi connectivity index (χ4v) is 3.79. The highest BCUT2D eigenvalue weighted by molar-refractivity contribution is 6.15. The number of carbonyl (C=O) groups is 3. The van der Waals surface area contributed by atoms with E-state index in [1.54, 1.807) is 37.3 Å². The molecule has 0 fully saturated rings. The Hall–Kier alpha value is -3.81. The molecule has 0 bridgehead atoms. The summed E-state index contributed by atoms with van der Waals surface area (Å²) in [6, 6.07) is 8.48. The topological polar surface area (TPSA) is 119 Å². The zero-order valence-electron chi connectivity index (χ0n) is 16.2. The maximum Gasteiger partial charge on any atom is 0.342 e. The number of hydrogen-bond donors (Lipinski definition) is 2. The molecule has 0 amide bonds. The molecular formula is C22H18O8. The van der Waals surface area contributed by atoms with Crippen molar-refractivity contribution in [2.75, 3.05) is 13.2 Å². The summed E-state index contributed by atoms with van der Waals surface area (Å²) in [4.78, 5) is 36.7. The van der Waals surface area contributed by atoms with Crippen molar-refractivity contribution in [3.63, 3.8) is 0 Å². The predicted molar refractivity (Wildman–Crippen MR) is 106 cm³/mol. The van der Waals surface area contributed by atoms with Crippen LogP contribution in [0.5, 0.6) is 17.2 Å². The summed E-state index contributed by atoms with van der Waals surface area (Å²) in [5.41, 5.74) is -0.424. The third kappa shape index (κ3) is 2.88. The van der Waals surface area contributed by atoms with Crippen molar-refractivity contribution >= 4 is 39.5 Å². The number of aromatic hydroxyl groups is 2. The maximum atomic E-state index is 12.5. The molecule has 0 aliphatic carbocycles. The number of phenols is 2. The van der Waals surface area contributed by atoms with Crippen LogP contribution in [0.3, 0.4) is 0 Å². The van der Waals surface area contributed by atoms with Gasteiger partial charge in [-0.25, -0.2) is 4.79 Å². The molecular weight excluding hydrogens is 392 g/mol. The molecule has 1 heterocycles.